The van der Waals surface area contributed by atoms with Gasteiger partial charge in [0, 0.05) is 29.1 Å². The maximum Gasteiger partial charge on any atom is 0.240 e. The van der Waals surface area contributed by atoms with Crippen molar-refractivity contribution in [1.82, 2.24) is 5.43 Å². The number of amides is 2. The zero-order valence-corrected chi connectivity index (χ0v) is 15.3. The highest BCUT2D eigenvalue weighted by atomic mass is 35.5. The van der Waals surface area contributed by atoms with Gasteiger partial charge in [-0.25, -0.2) is 5.43 Å². The van der Waals surface area contributed by atoms with E-state index in [0.29, 0.717) is 22.0 Å². The van der Waals surface area contributed by atoms with Gasteiger partial charge in [0.2, 0.25) is 11.8 Å². The number of hydrazone groups is 1. The normalized spacial score (nSPS) is 10.6. The number of anilines is 1. The molecule has 0 saturated heterocycles. The van der Waals surface area contributed by atoms with Crippen LogP contribution in [0.4, 0.5) is 5.69 Å². The third-order valence-corrected chi connectivity index (χ3v) is 3.73. The number of rotatable bonds is 7. The van der Waals surface area contributed by atoms with Crippen LogP contribution in [0.3, 0.4) is 0 Å². The molecule has 0 atom stereocenters. The van der Waals surface area contributed by atoms with Crippen LogP contribution in [-0.2, 0) is 9.59 Å². The first kappa shape index (κ1) is 19.5. The van der Waals surface area contributed by atoms with E-state index in [1.165, 1.54) is 13.3 Å². The van der Waals surface area contributed by atoms with Gasteiger partial charge in [0.15, 0.2) is 0 Å². The minimum Gasteiger partial charge on any atom is -0.496 e. The summed E-state index contributed by atoms with van der Waals surface area (Å²) in [6.07, 6.45) is 1.53. The summed E-state index contributed by atoms with van der Waals surface area (Å²) in [5.74, 6) is -0.00401. The van der Waals surface area contributed by atoms with E-state index in [0.717, 1.165) is 5.56 Å². The number of nitrogens with one attached hydrogen (secondary N) is 2. The van der Waals surface area contributed by atoms with Crippen molar-refractivity contribution >= 4 is 35.3 Å². The van der Waals surface area contributed by atoms with Gasteiger partial charge < -0.3 is 10.1 Å². The number of ether oxygens (including phenoxy) is 1. The third-order valence-electron chi connectivity index (χ3n) is 3.50. The first-order valence-corrected chi connectivity index (χ1v) is 8.37. The van der Waals surface area contributed by atoms with Gasteiger partial charge >= 0.3 is 0 Å². The number of hydrogen-bond acceptors (Lipinski definition) is 4. The second-order valence-electron chi connectivity index (χ2n) is 5.59. The van der Waals surface area contributed by atoms with Crippen LogP contribution in [0, 0.1) is 6.92 Å². The Bertz CT molecular complexity index is 804. The molecule has 0 aliphatic rings. The van der Waals surface area contributed by atoms with Crippen molar-refractivity contribution in [3.8, 4) is 5.75 Å². The number of nitrogens with zero attached hydrogens (tertiary/aromatic N) is 1. The molecule has 2 rings (SSSR count). The molecule has 0 aliphatic carbocycles. The monoisotopic (exact) mass is 373 g/mol. The fraction of sp³-hybridized carbons (Fsp3) is 0.211. The Morgan fingerprint density at radius 1 is 1.12 bits per heavy atom. The van der Waals surface area contributed by atoms with Crippen LogP contribution in [0.2, 0.25) is 5.02 Å². The molecule has 0 heterocycles. The average molecular weight is 374 g/mol. The maximum absolute atomic E-state index is 11.9. The lowest BCUT2D eigenvalue weighted by atomic mass is 10.2. The molecule has 0 spiro atoms. The van der Waals surface area contributed by atoms with Crippen LogP contribution in [0.5, 0.6) is 5.75 Å². The van der Waals surface area contributed by atoms with E-state index >= 15 is 0 Å². The molecule has 26 heavy (non-hydrogen) atoms. The van der Waals surface area contributed by atoms with Gasteiger partial charge in [0.05, 0.1) is 13.3 Å². The molecule has 2 aromatic rings. The van der Waals surface area contributed by atoms with E-state index in [2.05, 4.69) is 15.8 Å². The highest BCUT2D eigenvalue weighted by molar-refractivity contribution is 6.30. The summed E-state index contributed by atoms with van der Waals surface area (Å²) in [5, 5.41) is 7.14. The number of benzene rings is 2. The second-order valence-corrected chi connectivity index (χ2v) is 6.03. The largest absolute Gasteiger partial charge is 0.496 e. The van der Waals surface area contributed by atoms with Crippen molar-refractivity contribution in [3.05, 3.63) is 58.6 Å². The number of carbonyl (C=O) groups is 2. The number of carbonyl (C=O) groups excluding carboxylic acids is 2. The quantitative estimate of drug-likeness (QED) is 0.575. The van der Waals surface area contributed by atoms with Gasteiger partial charge in [-0.15, -0.1) is 0 Å². The van der Waals surface area contributed by atoms with E-state index in [1.807, 2.05) is 31.2 Å². The molecule has 136 valence electrons. The Balaban J connectivity index is 1.79. The summed E-state index contributed by atoms with van der Waals surface area (Å²) in [6, 6.07) is 12.5. The zero-order valence-electron chi connectivity index (χ0n) is 14.6. The van der Waals surface area contributed by atoms with Gasteiger partial charge in [-0.3, -0.25) is 9.59 Å². The fourth-order valence-corrected chi connectivity index (χ4v) is 2.30. The number of hydrogen-bond donors (Lipinski definition) is 2. The van der Waals surface area contributed by atoms with E-state index in [-0.39, 0.29) is 24.7 Å². The second kappa shape index (κ2) is 9.58. The van der Waals surface area contributed by atoms with Crippen LogP contribution < -0.4 is 15.5 Å². The van der Waals surface area contributed by atoms with Crippen molar-refractivity contribution in [1.29, 1.82) is 0 Å². The predicted molar refractivity (Wildman–Crippen MR) is 103 cm³/mol. The van der Waals surface area contributed by atoms with Crippen molar-refractivity contribution in [3.63, 3.8) is 0 Å². The molecule has 2 aromatic carbocycles. The third kappa shape index (κ3) is 6.22. The summed E-state index contributed by atoms with van der Waals surface area (Å²) in [4.78, 5) is 23.7. The minimum atomic E-state index is -0.360. The summed E-state index contributed by atoms with van der Waals surface area (Å²) < 4.78 is 5.19. The Labute approximate surface area is 157 Å². The SMILES string of the molecule is COc1ccc(Cl)cc1C=NNC(=O)CCC(=O)Nc1ccc(C)cc1. The Morgan fingerprint density at radius 3 is 2.50 bits per heavy atom. The van der Waals surface area contributed by atoms with Crippen LogP contribution in [0.1, 0.15) is 24.0 Å². The molecule has 0 aliphatic heterocycles. The van der Waals surface area contributed by atoms with E-state index in [1.54, 1.807) is 18.2 Å². The van der Waals surface area contributed by atoms with Crippen LogP contribution in [0.25, 0.3) is 0 Å². The van der Waals surface area contributed by atoms with Crippen molar-refractivity contribution in [2.75, 3.05) is 12.4 Å². The summed E-state index contributed by atoms with van der Waals surface area (Å²) in [7, 11) is 1.53. The van der Waals surface area contributed by atoms with Crippen molar-refractivity contribution in [2.24, 2.45) is 5.10 Å². The lowest BCUT2D eigenvalue weighted by Gasteiger charge is -2.06. The highest BCUT2D eigenvalue weighted by Gasteiger charge is 2.07. The lowest BCUT2D eigenvalue weighted by molar-refractivity contribution is -0.124. The molecule has 0 saturated carbocycles. The molecule has 0 fully saturated rings. The lowest BCUT2D eigenvalue weighted by Crippen LogP contribution is -2.20. The van der Waals surface area contributed by atoms with Crippen LogP contribution in [-0.4, -0.2) is 25.1 Å². The summed E-state index contributed by atoms with van der Waals surface area (Å²) >= 11 is 5.93. The van der Waals surface area contributed by atoms with Gasteiger partial charge in [-0.05, 0) is 37.3 Å². The topological polar surface area (TPSA) is 79.8 Å². The smallest absolute Gasteiger partial charge is 0.240 e. The Hall–Kier alpha value is -2.86. The molecule has 2 amide bonds. The molecule has 7 heteroatoms. The molecule has 0 radical (unpaired) electrons. The number of aryl methyl sites for hydroxylation is 1. The van der Waals surface area contributed by atoms with Crippen LogP contribution >= 0.6 is 11.6 Å². The molecular formula is C19H20ClN3O3. The Morgan fingerprint density at radius 2 is 1.81 bits per heavy atom. The Kier molecular flexibility index (Phi) is 7.17. The molecule has 2 N–H and O–H groups in total. The van der Waals surface area contributed by atoms with E-state index < -0.39 is 0 Å². The molecule has 0 bridgehead atoms. The van der Waals surface area contributed by atoms with E-state index in [9.17, 15) is 9.59 Å². The van der Waals surface area contributed by atoms with E-state index in [4.69, 9.17) is 16.3 Å². The molecule has 0 aromatic heterocycles. The molecular weight excluding hydrogens is 354 g/mol. The summed E-state index contributed by atoms with van der Waals surface area (Å²) in [6.45, 7) is 1.97. The zero-order chi connectivity index (χ0) is 18.9. The van der Waals surface area contributed by atoms with Gasteiger partial charge in [-0.2, -0.15) is 5.10 Å². The molecule has 6 nitrogen and oxygen atoms in total. The first-order chi connectivity index (χ1) is 12.5. The highest BCUT2D eigenvalue weighted by Crippen LogP contribution is 2.20. The van der Waals surface area contributed by atoms with Gasteiger partial charge in [0.1, 0.15) is 5.75 Å². The predicted octanol–water partition coefficient (Wildman–Crippen LogP) is 3.53. The maximum atomic E-state index is 11.9. The number of methoxy groups -OCH3 is 1. The first-order valence-electron chi connectivity index (χ1n) is 8.00. The average Bonchev–Trinajstić information content (AvgIpc) is 2.62. The molecule has 0 unspecified atom stereocenters. The standard InChI is InChI=1S/C19H20ClN3O3/c1-13-3-6-16(7-4-13)22-18(24)9-10-19(25)23-21-12-14-11-15(20)5-8-17(14)26-2/h3-8,11-12H,9-10H2,1-2H3,(H,22,24)(H,23,25). The fourth-order valence-electron chi connectivity index (χ4n) is 2.12. The summed E-state index contributed by atoms with van der Waals surface area (Å²) in [5.41, 5.74) is 4.83. The minimum absolute atomic E-state index is 0.0295. The van der Waals surface area contributed by atoms with Crippen LogP contribution in [0.15, 0.2) is 47.6 Å². The number of halogens is 1. The van der Waals surface area contributed by atoms with Crippen molar-refractivity contribution < 1.29 is 14.3 Å². The van der Waals surface area contributed by atoms with Gasteiger partial charge in [0.25, 0.3) is 0 Å². The van der Waals surface area contributed by atoms with Gasteiger partial charge in [-0.1, -0.05) is 29.3 Å². The van der Waals surface area contributed by atoms with Crippen molar-refractivity contribution in [2.45, 2.75) is 19.8 Å².